The van der Waals surface area contributed by atoms with Gasteiger partial charge in [0, 0.05) is 5.56 Å². The molecule has 0 unspecified atom stereocenters. The van der Waals surface area contributed by atoms with Gasteiger partial charge in [0.25, 0.3) is 0 Å². The van der Waals surface area contributed by atoms with Gasteiger partial charge in [-0.3, -0.25) is 4.79 Å². The number of hydrogen-bond acceptors (Lipinski definition) is 2. The first-order chi connectivity index (χ1) is 10.5. The smallest absolute Gasteiger partial charge is 0.323 e. The SMILES string of the molecule is Cc1cc2nc(-c3ccc(F)cc3)n(CC(=O)O)c2cc1C. The van der Waals surface area contributed by atoms with Crippen LogP contribution in [0.2, 0.25) is 0 Å². The highest BCUT2D eigenvalue weighted by molar-refractivity contribution is 5.84. The monoisotopic (exact) mass is 298 g/mol. The summed E-state index contributed by atoms with van der Waals surface area (Å²) < 4.78 is 14.8. The third-order valence-electron chi connectivity index (χ3n) is 3.76. The van der Waals surface area contributed by atoms with Gasteiger partial charge in [-0.05, 0) is 61.4 Å². The molecule has 1 heterocycles. The number of halogens is 1. The Morgan fingerprint density at radius 3 is 2.45 bits per heavy atom. The number of imidazole rings is 1. The van der Waals surface area contributed by atoms with Gasteiger partial charge in [0.2, 0.25) is 0 Å². The van der Waals surface area contributed by atoms with E-state index < -0.39 is 5.97 Å². The molecular formula is C17H15FN2O2. The van der Waals surface area contributed by atoms with E-state index in [1.165, 1.54) is 12.1 Å². The largest absolute Gasteiger partial charge is 0.480 e. The highest BCUT2D eigenvalue weighted by Crippen LogP contribution is 2.27. The lowest BCUT2D eigenvalue weighted by Gasteiger charge is -2.07. The minimum absolute atomic E-state index is 0.189. The fourth-order valence-electron chi connectivity index (χ4n) is 2.49. The number of carboxylic acids is 1. The molecule has 0 aliphatic heterocycles. The Hall–Kier alpha value is -2.69. The van der Waals surface area contributed by atoms with Crippen LogP contribution in [0.4, 0.5) is 4.39 Å². The molecule has 0 saturated heterocycles. The first-order valence-corrected chi connectivity index (χ1v) is 6.91. The Morgan fingerprint density at radius 2 is 1.82 bits per heavy atom. The van der Waals surface area contributed by atoms with Crippen molar-refractivity contribution in [2.24, 2.45) is 0 Å². The summed E-state index contributed by atoms with van der Waals surface area (Å²) in [6, 6.07) is 9.78. The van der Waals surface area contributed by atoms with Crippen molar-refractivity contribution >= 4 is 17.0 Å². The van der Waals surface area contributed by atoms with Crippen molar-refractivity contribution in [1.29, 1.82) is 0 Å². The number of benzene rings is 2. The van der Waals surface area contributed by atoms with E-state index in [1.807, 2.05) is 26.0 Å². The summed E-state index contributed by atoms with van der Waals surface area (Å²) >= 11 is 0. The minimum atomic E-state index is -0.944. The van der Waals surface area contributed by atoms with Crippen molar-refractivity contribution in [2.75, 3.05) is 0 Å². The number of aryl methyl sites for hydroxylation is 2. The number of aliphatic carboxylic acids is 1. The van der Waals surface area contributed by atoms with E-state index in [2.05, 4.69) is 4.98 Å². The standard InChI is InChI=1S/C17H15FN2O2/c1-10-7-14-15(8-11(10)2)20(9-16(21)22)17(19-14)12-3-5-13(18)6-4-12/h3-8H,9H2,1-2H3,(H,21,22). The normalized spacial score (nSPS) is 11.0. The Morgan fingerprint density at radius 1 is 1.18 bits per heavy atom. The van der Waals surface area contributed by atoms with Crippen molar-refractivity contribution in [3.05, 3.63) is 53.3 Å². The number of fused-ring (bicyclic) bond motifs is 1. The summed E-state index contributed by atoms with van der Waals surface area (Å²) in [4.78, 5) is 15.7. The van der Waals surface area contributed by atoms with Gasteiger partial charge in [-0.25, -0.2) is 9.37 Å². The molecule has 1 N–H and O–H groups in total. The number of aromatic nitrogens is 2. The molecule has 0 aliphatic carbocycles. The zero-order valence-electron chi connectivity index (χ0n) is 12.3. The van der Waals surface area contributed by atoms with Crippen molar-refractivity contribution in [1.82, 2.24) is 9.55 Å². The number of hydrogen-bond donors (Lipinski definition) is 1. The van der Waals surface area contributed by atoms with Gasteiger partial charge in [0.05, 0.1) is 11.0 Å². The number of carboxylic acid groups (broad SMARTS) is 1. The first-order valence-electron chi connectivity index (χ1n) is 6.91. The molecular weight excluding hydrogens is 283 g/mol. The number of rotatable bonds is 3. The van der Waals surface area contributed by atoms with Crippen LogP contribution in [0.5, 0.6) is 0 Å². The van der Waals surface area contributed by atoms with E-state index in [4.69, 9.17) is 0 Å². The van der Waals surface area contributed by atoms with Gasteiger partial charge in [-0.1, -0.05) is 0 Å². The summed E-state index contributed by atoms with van der Waals surface area (Å²) in [6.45, 7) is 3.78. The molecule has 0 fully saturated rings. The third kappa shape index (κ3) is 2.45. The maximum Gasteiger partial charge on any atom is 0.323 e. The Balaban J connectivity index is 2.28. The van der Waals surface area contributed by atoms with E-state index in [0.717, 1.165) is 22.2 Å². The lowest BCUT2D eigenvalue weighted by Crippen LogP contribution is -2.10. The van der Waals surface area contributed by atoms with Gasteiger partial charge in [0.1, 0.15) is 18.2 Å². The predicted molar refractivity (Wildman–Crippen MR) is 82.2 cm³/mol. The van der Waals surface area contributed by atoms with Crippen LogP contribution in [0.25, 0.3) is 22.4 Å². The van der Waals surface area contributed by atoms with E-state index >= 15 is 0 Å². The maximum absolute atomic E-state index is 13.1. The number of carbonyl (C=O) groups is 1. The lowest BCUT2D eigenvalue weighted by atomic mass is 10.1. The molecule has 112 valence electrons. The van der Waals surface area contributed by atoms with Crippen LogP contribution in [0.15, 0.2) is 36.4 Å². The topological polar surface area (TPSA) is 55.1 Å². The molecule has 0 aliphatic rings. The highest BCUT2D eigenvalue weighted by Gasteiger charge is 2.15. The molecule has 0 saturated carbocycles. The molecule has 1 aromatic heterocycles. The zero-order chi connectivity index (χ0) is 15.9. The molecule has 0 spiro atoms. The van der Waals surface area contributed by atoms with Crippen molar-refractivity contribution in [3.63, 3.8) is 0 Å². The van der Waals surface area contributed by atoms with Crippen molar-refractivity contribution in [3.8, 4) is 11.4 Å². The molecule has 0 bridgehead atoms. The zero-order valence-corrected chi connectivity index (χ0v) is 12.3. The maximum atomic E-state index is 13.1. The van der Waals surface area contributed by atoms with Crippen molar-refractivity contribution in [2.45, 2.75) is 20.4 Å². The van der Waals surface area contributed by atoms with Crippen LogP contribution in [-0.2, 0) is 11.3 Å². The van der Waals surface area contributed by atoms with Gasteiger partial charge < -0.3 is 9.67 Å². The number of nitrogens with zero attached hydrogens (tertiary/aromatic N) is 2. The second kappa shape index (κ2) is 5.26. The Labute approximate surface area is 126 Å². The van der Waals surface area contributed by atoms with Crippen LogP contribution in [0.1, 0.15) is 11.1 Å². The second-order valence-corrected chi connectivity index (χ2v) is 5.35. The molecule has 3 aromatic rings. The lowest BCUT2D eigenvalue weighted by molar-refractivity contribution is -0.137. The molecule has 4 nitrogen and oxygen atoms in total. The predicted octanol–water partition coefficient (Wildman–Crippen LogP) is 3.54. The van der Waals surface area contributed by atoms with E-state index in [9.17, 15) is 14.3 Å². The average molecular weight is 298 g/mol. The quantitative estimate of drug-likeness (QED) is 0.804. The van der Waals surface area contributed by atoms with E-state index in [-0.39, 0.29) is 12.4 Å². The van der Waals surface area contributed by atoms with Crippen LogP contribution < -0.4 is 0 Å². The van der Waals surface area contributed by atoms with Gasteiger partial charge in [-0.2, -0.15) is 0 Å². The summed E-state index contributed by atoms with van der Waals surface area (Å²) in [5, 5.41) is 9.18. The van der Waals surface area contributed by atoms with Crippen LogP contribution in [0, 0.1) is 19.7 Å². The third-order valence-corrected chi connectivity index (χ3v) is 3.76. The summed E-state index contributed by atoms with van der Waals surface area (Å²) in [7, 11) is 0. The Kier molecular flexibility index (Phi) is 3.41. The van der Waals surface area contributed by atoms with Crippen LogP contribution in [-0.4, -0.2) is 20.6 Å². The minimum Gasteiger partial charge on any atom is -0.480 e. The highest BCUT2D eigenvalue weighted by atomic mass is 19.1. The molecule has 2 aromatic carbocycles. The first kappa shape index (κ1) is 14.3. The fraction of sp³-hybridized carbons (Fsp3) is 0.176. The van der Waals surface area contributed by atoms with Crippen molar-refractivity contribution < 1.29 is 14.3 Å². The fourth-order valence-corrected chi connectivity index (χ4v) is 2.49. The van der Waals surface area contributed by atoms with Crippen LogP contribution in [0.3, 0.4) is 0 Å². The van der Waals surface area contributed by atoms with Gasteiger partial charge in [-0.15, -0.1) is 0 Å². The van der Waals surface area contributed by atoms with Gasteiger partial charge >= 0.3 is 5.97 Å². The van der Waals surface area contributed by atoms with E-state index in [0.29, 0.717) is 11.4 Å². The molecule has 22 heavy (non-hydrogen) atoms. The van der Waals surface area contributed by atoms with Gasteiger partial charge in [0.15, 0.2) is 0 Å². The summed E-state index contributed by atoms with van der Waals surface area (Å²) in [5.41, 5.74) is 4.37. The van der Waals surface area contributed by atoms with E-state index in [1.54, 1.807) is 16.7 Å². The summed E-state index contributed by atoms with van der Waals surface area (Å²) in [6.07, 6.45) is 0. The Bertz CT molecular complexity index is 866. The second-order valence-electron chi connectivity index (χ2n) is 5.35. The molecule has 0 amide bonds. The summed E-state index contributed by atoms with van der Waals surface area (Å²) in [5.74, 6) is -0.750. The molecule has 5 heteroatoms. The average Bonchev–Trinajstić information content (AvgIpc) is 2.78. The molecule has 0 atom stereocenters. The van der Waals surface area contributed by atoms with Crippen LogP contribution >= 0.6 is 0 Å². The molecule has 0 radical (unpaired) electrons. The molecule has 3 rings (SSSR count).